The summed E-state index contributed by atoms with van der Waals surface area (Å²) in [7, 11) is 2.09. The van der Waals surface area contributed by atoms with Crippen LogP contribution in [0.15, 0.2) is 35.7 Å². The number of benzene rings is 1. The van der Waals surface area contributed by atoms with Gasteiger partial charge < -0.3 is 19.9 Å². The van der Waals surface area contributed by atoms with E-state index in [1.54, 1.807) is 0 Å². The van der Waals surface area contributed by atoms with Crippen molar-refractivity contribution in [2.75, 3.05) is 52.9 Å². The highest BCUT2D eigenvalue weighted by atomic mass is 32.1. The molecule has 1 N–H and O–H groups in total. The monoisotopic (exact) mass is 470 g/mol. The lowest BCUT2D eigenvalue weighted by molar-refractivity contribution is -0.119. The van der Waals surface area contributed by atoms with Crippen LogP contribution in [-0.2, 0) is 11.3 Å². The normalized spacial score (nSPS) is 19.2. The first-order valence-corrected chi connectivity index (χ1v) is 12.6. The highest BCUT2D eigenvalue weighted by Gasteiger charge is 2.24. The van der Waals surface area contributed by atoms with Crippen LogP contribution in [0, 0.1) is 6.92 Å². The molecular weight excluding hydrogens is 436 g/mol. The van der Waals surface area contributed by atoms with Crippen molar-refractivity contribution in [2.45, 2.75) is 32.4 Å². The summed E-state index contributed by atoms with van der Waals surface area (Å²) in [5, 5.41) is 5.01. The van der Waals surface area contributed by atoms with Crippen LogP contribution in [-0.4, -0.2) is 85.5 Å². The van der Waals surface area contributed by atoms with Gasteiger partial charge in [-0.05, 0) is 55.1 Å². The fourth-order valence-electron chi connectivity index (χ4n) is 4.50. The van der Waals surface area contributed by atoms with Crippen molar-refractivity contribution in [1.82, 2.24) is 20.0 Å². The number of amides is 2. The molecule has 0 aliphatic carbocycles. The molecule has 8 heteroatoms. The Morgan fingerprint density at radius 1 is 1.24 bits per heavy atom. The topological polar surface area (TPSA) is 65.1 Å². The molecule has 33 heavy (non-hydrogen) atoms. The number of carbonyl (C=O) groups is 2. The van der Waals surface area contributed by atoms with E-state index >= 15 is 0 Å². The van der Waals surface area contributed by atoms with Crippen LogP contribution in [0.4, 0.5) is 0 Å². The first-order valence-electron chi connectivity index (χ1n) is 11.7. The number of hydrogen-bond acceptors (Lipinski definition) is 6. The maximum atomic E-state index is 12.7. The first kappa shape index (κ1) is 23.7. The Kier molecular flexibility index (Phi) is 8.01. The number of rotatable bonds is 9. The number of nitrogens with zero attached hydrogens (tertiary/aromatic N) is 3. The summed E-state index contributed by atoms with van der Waals surface area (Å²) in [6, 6.07) is 10.5. The molecule has 7 nitrogen and oxygen atoms in total. The highest BCUT2D eigenvalue weighted by molar-refractivity contribution is 7.12. The van der Waals surface area contributed by atoms with Gasteiger partial charge in [0, 0.05) is 58.3 Å². The van der Waals surface area contributed by atoms with Crippen LogP contribution in [0.3, 0.4) is 0 Å². The third kappa shape index (κ3) is 6.56. The largest absolute Gasteiger partial charge is 0.492 e. The molecule has 3 heterocycles. The number of hydrogen-bond donors (Lipinski definition) is 1. The average molecular weight is 471 g/mol. The molecule has 178 valence electrons. The van der Waals surface area contributed by atoms with Gasteiger partial charge in [0.05, 0.1) is 4.88 Å². The van der Waals surface area contributed by atoms with E-state index in [1.165, 1.54) is 16.9 Å². The van der Waals surface area contributed by atoms with E-state index < -0.39 is 0 Å². The minimum Gasteiger partial charge on any atom is -0.492 e. The minimum atomic E-state index is 0.161. The summed E-state index contributed by atoms with van der Waals surface area (Å²) in [6.07, 6.45) is 1.56. The van der Waals surface area contributed by atoms with E-state index in [2.05, 4.69) is 34.3 Å². The first-order chi connectivity index (χ1) is 16.0. The summed E-state index contributed by atoms with van der Waals surface area (Å²) in [5.41, 5.74) is 2.27. The number of likely N-dealkylation sites (N-methyl/N-ethyl adjacent to an activating group) is 1. The van der Waals surface area contributed by atoms with E-state index in [9.17, 15) is 9.59 Å². The second-order valence-electron chi connectivity index (χ2n) is 9.06. The average Bonchev–Trinajstić information content (AvgIpc) is 3.41. The number of carbonyl (C=O) groups excluding carboxylic acids is 2. The molecule has 0 bridgehead atoms. The summed E-state index contributed by atoms with van der Waals surface area (Å²) in [4.78, 5) is 31.5. The van der Waals surface area contributed by atoms with Crippen LogP contribution in [0.5, 0.6) is 5.75 Å². The molecule has 2 amide bonds. The zero-order valence-electron chi connectivity index (χ0n) is 19.6. The molecule has 2 aliphatic heterocycles. The molecule has 2 fully saturated rings. The number of aryl methyl sites for hydroxylation is 1. The Hall–Kier alpha value is -2.42. The second-order valence-corrected chi connectivity index (χ2v) is 9.98. The molecule has 1 unspecified atom stereocenters. The molecule has 0 radical (unpaired) electrons. The van der Waals surface area contributed by atoms with E-state index in [4.69, 9.17) is 4.74 Å². The molecule has 0 saturated carbocycles. The van der Waals surface area contributed by atoms with Gasteiger partial charge in [0.2, 0.25) is 5.91 Å². The van der Waals surface area contributed by atoms with Crippen molar-refractivity contribution < 1.29 is 14.3 Å². The Morgan fingerprint density at radius 2 is 2.06 bits per heavy atom. The quantitative estimate of drug-likeness (QED) is 0.610. The van der Waals surface area contributed by atoms with Crippen molar-refractivity contribution in [3.8, 4) is 5.75 Å². The Morgan fingerprint density at radius 3 is 2.76 bits per heavy atom. The van der Waals surface area contributed by atoms with Gasteiger partial charge in [0.1, 0.15) is 12.4 Å². The maximum Gasteiger partial charge on any atom is 0.264 e. The smallest absolute Gasteiger partial charge is 0.264 e. The standard InChI is InChI=1S/C25H34N4O3S/c1-19-8-15-33-24(19)25(31)29-11-9-28(10-12-29)13-14-32-22-5-3-4-20(16-22)17-27(2)18-21-6-7-23(30)26-21/h3-5,8,15-16,21H,6-7,9-14,17-18H2,1-2H3,(H,26,30). The molecule has 2 saturated heterocycles. The van der Waals surface area contributed by atoms with E-state index in [1.807, 2.05) is 35.4 Å². The van der Waals surface area contributed by atoms with Gasteiger partial charge in [-0.3, -0.25) is 14.5 Å². The van der Waals surface area contributed by atoms with Gasteiger partial charge in [-0.2, -0.15) is 0 Å². The van der Waals surface area contributed by atoms with Crippen molar-refractivity contribution in [3.63, 3.8) is 0 Å². The van der Waals surface area contributed by atoms with Crippen LogP contribution >= 0.6 is 11.3 Å². The van der Waals surface area contributed by atoms with E-state index in [-0.39, 0.29) is 17.9 Å². The zero-order chi connectivity index (χ0) is 23.2. The lowest BCUT2D eigenvalue weighted by atomic mass is 10.1. The molecule has 0 spiro atoms. The summed E-state index contributed by atoms with van der Waals surface area (Å²) >= 11 is 1.53. The molecule has 2 aliphatic rings. The molecule has 2 aromatic rings. The van der Waals surface area contributed by atoms with Gasteiger partial charge in [-0.15, -0.1) is 11.3 Å². The minimum absolute atomic E-state index is 0.161. The number of piperazine rings is 1. The molecular formula is C25H34N4O3S. The molecule has 4 rings (SSSR count). The van der Waals surface area contributed by atoms with Crippen LogP contribution in [0.2, 0.25) is 0 Å². The SMILES string of the molecule is Cc1ccsc1C(=O)N1CCN(CCOc2cccc(CN(C)CC3CCC(=O)N3)c2)CC1. The molecule has 1 atom stereocenters. The van der Waals surface area contributed by atoms with Gasteiger partial charge >= 0.3 is 0 Å². The maximum absolute atomic E-state index is 12.7. The van der Waals surface area contributed by atoms with Gasteiger partial charge in [0.25, 0.3) is 5.91 Å². The highest BCUT2D eigenvalue weighted by Crippen LogP contribution is 2.19. The van der Waals surface area contributed by atoms with Crippen molar-refractivity contribution in [1.29, 1.82) is 0 Å². The fraction of sp³-hybridized carbons (Fsp3) is 0.520. The van der Waals surface area contributed by atoms with Crippen molar-refractivity contribution in [2.24, 2.45) is 0 Å². The van der Waals surface area contributed by atoms with Crippen LogP contribution in [0.1, 0.15) is 33.6 Å². The van der Waals surface area contributed by atoms with Gasteiger partial charge in [-0.25, -0.2) is 0 Å². The molecule has 1 aromatic heterocycles. The second kappa shape index (κ2) is 11.1. The summed E-state index contributed by atoms with van der Waals surface area (Å²) in [6.45, 7) is 8.44. The third-order valence-electron chi connectivity index (χ3n) is 6.36. The lowest BCUT2D eigenvalue weighted by Gasteiger charge is -2.34. The Bertz CT molecular complexity index is 955. The Balaban J connectivity index is 1.17. The third-order valence-corrected chi connectivity index (χ3v) is 7.36. The summed E-state index contributed by atoms with van der Waals surface area (Å²) < 4.78 is 6.03. The Labute approximate surface area is 200 Å². The predicted molar refractivity (Wildman–Crippen MR) is 131 cm³/mol. The lowest BCUT2D eigenvalue weighted by Crippen LogP contribution is -2.49. The van der Waals surface area contributed by atoms with E-state index in [0.717, 1.165) is 68.4 Å². The van der Waals surface area contributed by atoms with Crippen molar-refractivity contribution >= 4 is 23.2 Å². The number of ether oxygens (including phenoxy) is 1. The predicted octanol–water partition coefficient (Wildman–Crippen LogP) is 2.60. The number of nitrogens with one attached hydrogen (secondary N) is 1. The van der Waals surface area contributed by atoms with Crippen LogP contribution < -0.4 is 10.1 Å². The van der Waals surface area contributed by atoms with Gasteiger partial charge in [-0.1, -0.05) is 12.1 Å². The van der Waals surface area contributed by atoms with Gasteiger partial charge in [0.15, 0.2) is 0 Å². The van der Waals surface area contributed by atoms with Crippen molar-refractivity contribution in [3.05, 3.63) is 51.7 Å². The van der Waals surface area contributed by atoms with Crippen LogP contribution in [0.25, 0.3) is 0 Å². The molecule has 1 aromatic carbocycles. The summed E-state index contributed by atoms with van der Waals surface area (Å²) in [5.74, 6) is 1.21. The van der Waals surface area contributed by atoms with E-state index in [0.29, 0.717) is 13.0 Å². The zero-order valence-corrected chi connectivity index (χ0v) is 20.4. The fourth-order valence-corrected chi connectivity index (χ4v) is 5.40. The number of thiophene rings is 1.